The zero-order valence-corrected chi connectivity index (χ0v) is 13.5. The second-order valence-corrected chi connectivity index (χ2v) is 6.68. The number of amidine groups is 1. The van der Waals surface area contributed by atoms with Crippen molar-refractivity contribution in [3.8, 4) is 0 Å². The van der Waals surface area contributed by atoms with Gasteiger partial charge in [-0.2, -0.15) is 0 Å². The summed E-state index contributed by atoms with van der Waals surface area (Å²) in [5.41, 5.74) is 3.87. The van der Waals surface area contributed by atoms with Crippen LogP contribution in [0, 0.1) is 16.7 Å². The Kier molecular flexibility index (Phi) is 3.83. The topological polar surface area (TPSA) is 168 Å². The molecule has 3 heterocycles. The fourth-order valence-electron chi connectivity index (χ4n) is 4.65. The van der Waals surface area contributed by atoms with Crippen LogP contribution in [0.3, 0.4) is 0 Å². The number of carbonyl (C=O) groups is 1. The molecule has 134 valence electrons. The molecule has 3 aliphatic rings. The highest BCUT2D eigenvalue weighted by molar-refractivity contribution is 5.85. The van der Waals surface area contributed by atoms with E-state index in [0.717, 1.165) is 0 Å². The third kappa shape index (κ3) is 2.13. The van der Waals surface area contributed by atoms with E-state index in [1.807, 2.05) is 6.92 Å². The predicted molar refractivity (Wildman–Crippen MR) is 84.5 cm³/mol. The molecular weight excluding hydrogens is 316 g/mol. The standard InChI is InChI=1S/C14H24N6O4/c1-2-7-5-9(15)19-10-8(6-24-12(17)21)18-11(16)20-4-3-13(22,23)14(7,10)20/h7-8,10,22-23H,2-6H2,1H3,(H2,15,19)(H2,16,18)(H2,17,21)/t7?,8-,10-,14-/m0/s1. The summed E-state index contributed by atoms with van der Waals surface area (Å²) >= 11 is 0. The maximum atomic E-state index is 11.0. The van der Waals surface area contributed by atoms with Crippen molar-refractivity contribution in [1.29, 1.82) is 10.8 Å². The Hall–Kier alpha value is -2.07. The van der Waals surface area contributed by atoms with Gasteiger partial charge in [0.05, 0.1) is 17.9 Å². The highest BCUT2D eigenvalue weighted by Gasteiger charge is 2.71. The number of piperidine rings is 1. The fraction of sp³-hybridized carbons (Fsp3) is 0.786. The van der Waals surface area contributed by atoms with Crippen molar-refractivity contribution in [1.82, 2.24) is 15.5 Å². The summed E-state index contributed by atoms with van der Waals surface area (Å²) in [6.45, 7) is 2.12. The Bertz CT molecular complexity index is 582. The number of hydrogen-bond acceptors (Lipinski definition) is 6. The van der Waals surface area contributed by atoms with Gasteiger partial charge in [0.15, 0.2) is 11.7 Å². The molecule has 0 saturated carbocycles. The molecule has 0 aromatic heterocycles. The van der Waals surface area contributed by atoms with Gasteiger partial charge in [-0.15, -0.1) is 0 Å². The van der Waals surface area contributed by atoms with E-state index in [9.17, 15) is 15.0 Å². The van der Waals surface area contributed by atoms with Gasteiger partial charge in [-0.3, -0.25) is 10.8 Å². The minimum atomic E-state index is -2.02. The molecular formula is C14H24N6O4. The fourth-order valence-corrected chi connectivity index (χ4v) is 4.65. The molecule has 0 bridgehead atoms. The zero-order valence-electron chi connectivity index (χ0n) is 13.5. The van der Waals surface area contributed by atoms with Gasteiger partial charge in [-0.25, -0.2) is 4.79 Å². The van der Waals surface area contributed by atoms with Gasteiger partial charge >= 0.3 is 6.09 Å². The Balaban J connectivity index is 2.06. The van der Waals surface area contributed by atoms with E-state index in [1.165, 1.54) is 0 Å². The van der Waals surface area contributed by atoms with Crippen LogP contribution in [0.15, 0.2) is 0 Å². The second kappa shape index (κ2) is 5.49. The first-order chi connectivity index (χ1) is 11.2. The molecule has 0 aliphatic carbocycles. The summed E-state index contributed by atoms with van der Waals surface area (Å²) in [7, 11) is 0. The summed E-state index contributed by atoms with van der Waals surface area (Å²) in [6, 6.07) is -1.22. The highest BCUT2D eigenvalue weighted by Crippen LogP contribution is 2.51. The van der Waals surface area contributed by atoms with Crippen molar-refractivity contribution < 1.29 is 19.7 Å². The molecule has 0 aromatic rings. The van der Waals surface area contributed by atoms with Crippen LogP contribution in [-0.4, -0.2) is 69.6 Å². The SMILES string of the molecule is CCC1CC(=N)N[C@H]2[C@H](COC(N)=O)NC(=N)N3CCC(O)(O)[C@]123. The third-order valence-corrected chi connectivity index (χ3v) is 5.54. The zero-order chi connectivity index (χ0) is 17.7. The molecule has 1 spiro atoms. The lowest BCUT2D eigenvalue weighted by Crippen LogP contribution is -2.84. The average molecular weight is 340 g/mol. The normalized spacial score (nSPS) is 37.1. The molecule has 8 N–H and O–H groups in total. The van der Waals surface area contributed by atoms with Crippen LogP contribution >= 0.6 is 0 Å². The lowest BCUT2D eigenvalue weighted by atomic mass is 9.64. The lowest BCUT2D eigenvalue weighted by molar-refractivity contribution is -0.241. The predicted octanol–water partition coefficient (Wildman–Crippen LogP) is -1.52. The number of primary amides is 1. The van der Waals surface area contributed by atoms with E-state index in [2.05, 4.69) is 10.6 Å². The van der Waals surface area contributed by atoms with Gasteiger partial charge < -0.3 is 36.2 Å². The largest absolute Gasteiger partial charge is 0.447 e. The molecule has 1 amide bonds. The van der Waals surface area contributed by atoms with Gasteiger partial charge in [-0.05, 0) is 5.92 Å². The van der Waals surface area contributed by atoms with E-state index in [-0.39, 0.29) is 24.9 Å². The number of amides is 1. The van der Waals surface area contributed by atoms with E-state index < -0.39 is 29.5 Å². The highest BCUT2D eigenvalue weighted by atomic mass is 16.5. The Morgan fingerprint density at radius 1 is 1.46 bits per heavy atom. The van der Waals surface area contributed by atoms with Crippen LogP contribution in [0.4, 0.5) is 4.79 Å². The number of carbonyl (C=O) groups excluding carboxylic acids is 1. The molecule has 0 radical (unpaired) electrons. The molecule has 3 saturated heterocycles. The van der Waals surface area contributed by atoms with Crippen LogP contribution in [0.2, 0.25) is 0 Å². The van der Waals surface area contributed by atoms with Crippen LogP contribution in [0.1, 0.15) is 26.2 Å². The molecule has 10 heteroatoms. The number of guanidine groups is 1. The van der Waals surface area contributed by atoms with E-state index in [4.69, 9.17) is 21.3 Å². The van der Waals surface area contributed by atoms with E-state index in [0.29, 0.717) is 25.2 Å². The number of nitrogens with two attached hydrogens (primary N) is 1. The lowest BCUT2D eigenvalue weighted by Gasteiger charge is -2.61. The molecule has 1 unspecified atom stereocenters. The number of nitrogens with zero attached hydrogens (tertiary/aromatic N) is 1. The second-order valence-electron chi connectivity index (χ2n) is 6.68. The summed E-state index contributed by atoms with van der Waals surface area (Å²) in [6.07, 6.45) is 0.144. The van der Waals surface area contributed by atoms with E-state index >= 15 is 0 Å². The number of ether oxygens (including phenoxy) is 1. The number of nitrogens with one attached hydrogen (secondary N) is 4. The molecule has 4 atom stereocenters. The van der Waals surface area contributed by atoms with Crippen molar-refractivity contribution in [3.63, 3.8) is 0 Å². The van der Waals surface area contributed by atoms with Gasteiger partial charge in [0.1, 0.15) is 12.1 Å². The van der Waals surface area contributed by atoms with Crippen molar-refractivity contribution in [2.45, 2.75) is 49.6 Å². The average Bonchev–Trinajstić information content (AvgIpc) is 2.78. The summed E-state index contributed by atoms with van der Waals surface area (Å²) in [4.78, 5) is 12.6. The Morgan fingerprint density at radius 3 is 2.79 bits per heavy atom. The minimum Gasteiger partial charge on any atom is -0.447 e. The summed E-state index contributed by atoms with van der Waals surface area (Å²) in [5.74, 6) is -1.90. The summed E-state index contributed by atoms with van der Waals surface area (Å²) < 4.78 is 4.88. The van der Waals surface area contributed by atoms with Gasteiger partial charge in [0.2, 0.25) is 0 Å². The molecule has 10 nitrogen and oxygen atoms in total. The van der Waals surface area contributed by atoms with Crippen molar-refractivity contribution in [3.05, 3.63) is 0 Å². The molecule has 3 rings (SSSR count). The van der Waals surface area contributed by atoms with Gasteiger partial charge in [-0.1, -0.05) is 13.3 Å². The first-order valence-corrected chi connectivity index (χ1v) is 8.07. The molecule has 24 heavy (non-hydrogen) atoms. The van der Waals surface area contributed by atoms with Crippen molar-refractivity contribution in [2.24, 2.45) is 11.7 Å². The van der Waals surface area contributed by atoms with Crippen molar-refractivity contribution in [2.75, 3.05) is 13.2 Å². The molecule has 3 fully saturated rings. The molecule has 3 aliphatic heterocycles. The van der Waals surface area contributed by atoms with Crippen LogP contribution < -0.4 is 16.4 Å². The smallest absolute Gasteiger partial charge is 0.404 e. The number of rotatable bonds is 3. The van der Waals surface area contributed by atoms with Crippen LogP contribution in [0.5, 0.6) is 0 Å². The third-order valence-electron chi connectivity index (χ3n) is 5.54. The van der Waals surface area contributed by atoms with Gasteiger partial charge in [0.25, 0.3) is 0 Å². The first-order valence-electron chi connectivity index (χ1n) is 8.07. The number of hydrogen-bond donors (Lipinski definition) is 7. The summed E-state index contributed by atoms with van der Waals surface area (Å²) in [5, 5.41) is 44.0. The minimum absolute atomic E-state index is 0.0583. The van der Waals surface area contributed by atoms with E-state index in [1.54, 1.807) is 4.90 Å². The Labute approximate surface area is 139 Å². The van der Waals surface area contributed by atoms with Gasteiger partial charge in [0, 0.05) is 19.4 Å². The quantitative estimate of drug-likeness (QED) is 0.306. The van der Waals surface area contributed by atoms with Crippen molar-refractivity contribution >= 4 is 17.9 Å². The van der Waals surface area contributed by atoms with Crippen LogP contribution in [-0.2, 0) is 4.74 Å². The first kappa shape index (κ1) is 16.8. The Morgan fingerprint density at radius 2 is 2.17 bits per heavy atom. The maximum Gasteiger partial charge on any atom is 0.404 e. The van der Waals surface area contributed by atoms with Crippen LogP contribution in [0.25, 0.3) is 0 Å². The maximum absolute atomic E-state index is 11.0. The monoisotopic (exact) mass is 340 g/mol. The molecule has 0 aromatic carbocycles. The number of aliphatic hydroxyl groups is 2.